The molecule has 3 heteroatoms. The number of likely N-dealkylation sites (tertiary alicyclic amines) is 1. The molecule has 82 valence electrons. The lowest BCUT2D eigenvalue weighted by atomic mass is 9.99. The summed E-state index contributed by atoms with van der Waals surface area (Å²) in [6, 6.07) is 0. The van der Waals surface area contributed by atoms with Crippen molar-refractivity contribution in [3.63, 3.8) is 0 Å². The van der Waals surface area contributed by atoms with Gasteiger partial charge < -0.3 is 10.6 Å². The Morgan fingerprint density at radius 1 is 1.36 bits per heavy atom. The summed E-state index contributed by atoms with van der Waals surface area (Å²) in [5.74, 6) is 0.889. The highest BCUT2D eigenvalue weighted by Gasteiger charge is 2.28. The summed E-state index contributed by atoms with van der Waals surface area (Å²) in [7, 11) is 0. The Balaban J connectivity index is 2.00. The monoisotopic (exact) mass is 198 g/mol. The van der Waals surface area contributed by atoms with Crippen LogP contribution in [0.2, 0.25) is 0 Å². The number of carbonyl (C=O) groups is 1. The van der Waals surface area contributed by atoms with Crippen LogP contribution in [0.4, 0.5) is 0 Å². The van der Waals surface area contributed by atoms with Gasteiger partial charge in [0.25, 0.3) is 0 Å². The van der Waals surface area contributed by atoms with E-state index in [0.717, 1.165) is 32.5 Å². The van der Waals surface area contributed by atoms with E-state index in [4.69, 9.17) is 5.73 Å². The minimum absolute atomic E-state index is 0.325. The highest BCUT2D eigenvalue weighted by atomic mass is 16.2. The fourth-order valence-corrected chi connectivity index (χ4v) is 1.78. The molecule has 0 aromatic heterocycles. The third kappa shape index (κ3) is 3.29. The first-order valence-electron chi connectivity index (χ1n) is 5.75. The zero-order valence-corrected chi connectivity index (χ0v) is 9.17. The normalized spacial score (nSPS) is 16.9. The highest BCUT2D eigenvalue weighted by Crippen LogP contribution is 2.16. The van der Waals surface area contributed by atoms with Crippen LogP contribution in [0.15, 0.2) is 0 Å². The van der Waals surface area contributed by atoms with Crippen LogP contribution >= 0.6 is 0 Å². The van der Waals surface area contributed by atoms with Crippen LogP contribution in [-0.2, 0) is 4.79 Å². The van der Waals surface area contributed by atoms with Crippen molar-refractivity contribution in [3.8, 4) is 0 Å². The lowest BCUT2D eigenvalue weighted by Crippen LogP contribution is -2.52. The Hall–Kier alpha value is -0.570. The third-order valence-corrected chi connectivity index (χ3v) is 2.89. The van der Waals surface area contributed by atoms with Gasteiger partial charge in [0.2, 0.25) is 5.91 Å². The fraction of sp³-hybridized carbons (Fsp3) is 0.909. The van der Waals surface area contributed by atoms with Crippen molar-refractivity contribution in [3.05, 3.63) is 0 Å². The van der Waals surface area contributed by atoms with Crippen LogP contribution in [0.5, 0.6) is 0 Å². The molecule has 0 saturated carbocycles. The number of carbonyl (C=O) groups excluding carboxylic acids is 1. The molecule has 0 spiro atoms. The molecule has 1 heterocycles. The Kier molecular flexibility index (Phi) is 4.94. The predicted octanol–water partition coefficient (Wildman–Crippen LogP) is 1.37. The Morgan fingerprint density at radius 2 is 2.07 bits per heavy atom. The van der Waals surface area contributed by atoms with Crippen molar-refractivity contribution < 1.29 is 4.79 Å². The van der Waals surface area contributed by atoms with E-state index in [1.165, 1.54) is 19.3 Å². The topological polar surface area (TPSA) is 46.3 Å². The summed E-state index contributed by atoms with van der Waals surface area (Å²) in [6.45, 7) is 4.69. The largest absolute Gasteiger partial charge is 0.342 e. The number of rotatable bonds is 6. The van der Waals surface area contributed by atoms with Gasteiger partial charge in [0.05, 0.1) is 0 Å². The van der Waals surface area contributed by atoms with Gasteiger partial charge in [-0.2, -0.15) is 0 Å². The van der Waals surface area contributed by atoms with Gasteiger partial charge in [0.1, 0.15) is 0 Å². The molecule has 0 aromatic rings. The van der Waals surface area contributed by atoms with Crippen molar-refractivity contribution in [2.75, 3.05) is 19.6 Å². The summed E-state index contributed by atoms with van der Waals surface area (Å²) in [4.78, 5) is 13.5. The molecule has 1 fully saturated rings. The predicted molar refractivity (Wildman–Crippen MR) is 57.9 cm³/mol. The van der Waals surface area contributed by atoms with E-state index in [0.29, 0.717) is 11.8 Å². The fourth-order valence-electron chi connectivity index (χ4n) is 1.78. The van der Waals surface area contributed by atoms with Crippen LogP contribution < -0.4 is 5.73 Å². The second kappa shape index (κ2) is 6.02. The molecule has 0 atom stereocenters. The Labute approximate surface area is 86.6 Å². The molecular formula is C11H22N2O. The van der Waals surface area contributed by atoms with Gasteiger partial charge in [0.15, 0.2) is 0 Å². The minimum atomic E-state index is 0.325. The van der Waals surface area contributed by atoms with E-state index >= 15 is 0 Å². The molecule has 0 aromatic carbocycles. The average Bonchev–Trinajstić information content (AvgIpc) is 2.11. The van der Waals surface area contributed by atoms with Gasteiger partial charge in [0, 0.05) is 25.4 Å². The minimum Gasteiger partial charge on any atom is -0.342 e. The molecule has 2 N–H and O–H groups in total. The van der Waals surface area contributed by atoms with Crippen LogP contribution in [0.25, 0.3) is 0 Å². The second-order valence-corrected chi connectivity index (χ2v) is 4.21. The number of nitrogens with zero attached hydrogens (tertiary/aromatic N) is 1. The van der Waals surface area contributed by atoms with Gasteiger partial charge in [-0.05, 0) is 13.0 Å². The number of hydrogen-bond acceptors (Lipinski definition) is 2. The number of hydrogen-bond donors (Lipinski definition) is 1. The average molecular weight is 198 g/mol. The quantitative estimate of drug-likeness (QED) is 0.655. The molecular weight excluding hydrogens is 176 g/mol. The first-order chi connectivity index (χ1) is 6.77. The lowest BCUT2D eigenvalue weighted by molar-refractivity contribution is -0.137. The van der Waals surface area contributed by atoms with Crippen molar-refractivity contribution in [1.29, 1.82) is 0 Å². The smallest absolute Gasteiger partial charge is 0.222 e. The SMILES string of the molecule is CCCCCCC(=O)N1CC(CN)C1. The van der Waals surface area contributed by atoms with E-state index in [-0.39, 0.29) is 0 Å². The molecule has 1 rings (SSSR count). The molecule has 0 unspecified atom stereocenters. The first kappa shape index (κ1) is 11.5. The summed E-state index contributed by atoms with van der Waals surface area (Å²) in [5, 5.41) is 0. The first-order valence-corrected chi connectivity index (χ1v) is 5.75. The van der Waals surface area contributed by atoms with Crippen molar-refractivity contribution in [1.82, 2.24) is 4.90 Å². The summed E-state index contributed by atoms with van der Waals surface area (Å²) < 4.78 is 0. The van der Waals surface area contributed by atoms with E-state index in [9.17, 15) is 4.79 Å². The van der Waals surface area contributed by atoms with Crippen LogP contribution in [0.3, 0.4) is 0 Å². The zero-order chi connectivity index (χ0) is 10.4. The molecule has 0 bridgehead atoms. The van der Waals surface area contributed by atoms with Gasteiger partial charge >= 0.3 is 0 Å². The summed E-state index contributed by atoms with van der Waals surface area (Å²) >= 11 is 0. The molecule has 1 saturated heterocycles. The van der Waals surface area contributed by atoms with Crippen LogP contribution in [0.1, 0.15) is 39.0 Å². The van der Waals surface area contributed by atoms with E-state index in [1.54, 1.807) is 0 Å². The van der Waals surface area contributed by atoms with Crippen LogP contribution in [-0.4, -0.2) is 30.4 Å². The van der Waals surface area contributed by atoms with Gasteiger partial charge in [-0.3, -0.25) is 4.79 Å². The molecule has 1 aliphatic rings. The van der Waals surface area contributed by atoms with Crippen molar-refractivity contribution in [2.45, 2.75) is 39.0 Å². The maximum Gasteiger partial charge on any atom is 0.222 e. The molecule has 1 aliphatic heterocycles. The molecule has 1 amide bonds. The summed E-state index contributed by atoms with van der Waals surface area (Å²) in [5.41, 5.74) is 5.50. The van der Waals surface area contributed by atoms with E-state index in [1.807, 2.05) is 4.90 Å². The van der Waals surface area contributed by atoms with Crippen molar-refractivity contribution >= 4 is 5.91 Å². The number of unbranched alkanes of at least 4 members (excludes halogenated alkanes) is 3. The summed E-state index contributed by atoms with van der Waals surface area (Å²) in [6.07, 6.45) is 5.45. The number of nitrogens with two attached hydrogens (primary N) is 1. The van der Waals surface area contributed by atoms with Crippen LogP contribution in [0, 0.1) is 5.92 Å². The maximum absolute atomic E-state index is 11.5. The maximum atomic E-state index is 11.5. The lowest BCUT2D eigenvalue weighted by Gasteiger charge is -2.38. The molecule has 0 aliphatic carbocycles. The standard InChI is InChI=1S/C11H22N2O/c1-2-3-4-5-6-11(14)13-8-10(7-12)9-13/h10H,2-9,12H2,1H3. The highest BCUT2D eigenvalue weighted by molar-refractivity contribution is 5.76. The number of amides is 1. The van der Waals surface area contributed by atoms with Gasteiger partial charge in [-0.25, -0.2) is 0 Å². The second-order valence-electron chi connectivity index (χ2n) is 4.21. The van der Waals surface area contributed by atoms with E-state index < -0.39 is 0 Å². The molecule has 0 radical (unpaired) electrons. The van der Waals surface area contributed by atoms with E-state index in [2.05, 4.69) is 6.92 Å². The molecule has 3 nitrogen and oxygen atoms in total. The zero-order valence-electron chi connectivity index (χ0n) is 9.17. The van der Waals surface area contributed by atoms with Gasteiger partial charge in [-0.15, -0.1) is 0 Å². The van der Waals surface area contributed by atoms with Gasteiger partial charge in [-0.1, -0.05) is 26.2 Å². The molecule has 14 heavy (non-hydrogen) atoms. The third-order valence-electron chi connectivity index (χ3n) is 2.89. The van der Waals surface area contributed by atoms with Crippen molar-refractivity contribution in [2.24, 2.45) is 11.7 Å². The Bertz CT molecular complexity index is 176. The Morgan fingerprint density at radius 3 is 2.64 bits per heavy atom.